The number of pyridine rings is 1. The summed E-state index contributed by atoms with van der Waals surface area (Å²) in [7, 11) is 0. The third-order valence-electron chi connectivity index (χ3n) is 2.10. The van der Waals surface area contributed by atoms with Crippen LogP contribution >= 0.6 is 12.6 Å². The van der Waals surface area contributed by atoms with Crippen molar-refractivity contribution in [2.24, 2.45) is 0 Å². The van der Waals surface area contributed by atoms with Crippen LogP contribution in [0.4, 0.5) is 11.5 Å². The predicted molar refractivity (Wildman–Crippen MR) is 62.5 cm³/mol. The van der Waals surface area contributed by atoms with Crippen LogP contribution in [0, 0.1) is 0 Å². The lowest BCUT2D eigenvalue weighted by molar-refractivity contribution is 0.0171. The van der Waals surface area contributed by atoms with Crippen LogP contribution in [-0.4, -0.2) is 27.1 Å². The first-order chi connectivity index (χ1) is 7.06. The molecule has 6 heteroatoms. The number of thiol groups is 1. The first-order valence-corrected chi connectivity index (χ1v) is 5.17. The molecule has 0 aliphatic heterocycles. The Morgan fingerprint density at radius 1 is 1.40 bits per heavy atom. The molecule has 2 atom stereocenters. The molecule has 1 aromatic rings. The summed E-state index contributed by atoms with van der Waals surface area (Å²) in [5.41, 5.74) is 11.7. The molecule has 0 radical (unpaired) electrons. The van der Waals surface area contributed by atoms with Crippen LogP contribution in [-0.2, 0) is 0 Å². The van der Waals surface area contributed by atoms with Gasteiger partial charge in [0.25, 0.3) is 0 Å². The zero-order valence-corrected chi connectivity index (χ0v) is 9.06. The van der Waals surface area contributed by atoms with Gasteiger partial charge in [-0.25, -0.2) is 4.98 Å². The number of nitrogen functional groups attached to an aromatic ring is 2. The van der Waals surface area contributed by atoms with Crippen molar-refractivity contribution in [3.8, 4) is 0 Å². The quantitative estimate of drug-likeness (QED) is 0.466. The molecule has 1 heterocycles. The average Bonchev–Trinajstić information content (AvgIpc) is 2.21. The highest BCUT2D eigenvalue weighted by atomic mass is 32.1. The third kappa shape index (κ3) is 2.98. The summed E-state index contributed by atoms with van der Waals surface area (Å²) >= 11 is 3.97. The molecule has 5 nitrogen and oxygen atoms in total. The topological polar surface area (TPSA) is 105 Å². The first kappa shape index (κ1) is 12.1. The Balaban J connectivity index is 2.81. The van der Waals surface area contributed by atoms with Crippen molar-refractivity contribution in [1.82, 2.24) is 4.98 Å². The second-order valence-corrected chi connectivity index (χ2v) is 3.71. The van der Waals surface area contributed by atoms with Gasteiger partial charge < -0.3 is 21.7 Å². The molecule has 0 bridgehead atoms. The average molecular weight is 229 g/mol. The summed E-state index contributed by atoms with van der Waals surface area (Å²) in [5, 5.41) is 19.2. The number of nitrogens with two attached hydrogens (primary N) is 2. The van der Waals surface area contributed by atoms with E-state index in [0.29, 0.717) is 23.4 Å². The Bertz CT molecular complexity index is 335. The van der Waals surface area contributed by atoms with E-state index in [9.17, 15) is 10.2 Å². The highest BCUT2D eigenvalue weighted by Crippen LogP contribution is 2.22. The van der Waals surface area contributed by atoms with Gasteiger partial charge in [-0.2, -0.15) is 12.6 Å². The highest BCUT2D eigenvalue weighted by molar-refractivity contribution is 7.80. The number of hydrogen-bond acceptors (Lipinski definition) is 6. The summed E-state index contributed by atoms with van der Waals surface area (Å²) in [6.07, 6.45) is -0.0768. The molecule has 1 aromatic heterocycles. The lowest BCUT2D eigenvalue weighted by Gasteiger charge is -2.17. The third-order valence-corrected chi connectivity index (χ3v) is 2.36. The van der Waals surface area contributed by atoms with Gasteiger partial charge in [-0.15, -0.1) is 0 Å². The number of aliphatic hydroxyl groups excluding tert-OH is 2. The summed E-state index contributed by atoms with van der Waals surface area (Å²) in [6.45, 7) is 0. The molecule has 84 valence electrons. The number of hydrogen-bond donors (Lipinski definition) is 5. The molecular weight excluding hydrogens is 214 g/mol. The number of aliphatic hydroxyl groups is 2. The van der Waals surface area contributed by atoms with Gasteiger partial charge in [0.2, 0.25) is 0 Å². The van der Waals surface area contributed by atoms with Crippen molar-refractivity contribution in [2.75, 3.05) is 17.2 Å². The molecular formula is C9H15N3O2S. The summed E-state index contributed by atoms with van der Waals surface area (Å²) < 4.78 is 0. The number of aromatic nitrogens is 1. The standard InChI is InChI=1S/C9H15N3O2S/c10-6-3-5(4-12-9(6)11)8(14)7(13)1-2-15/h3-4,7-8,13-15H,1-2,10H2,(H2,11,12). The van der Waals surface area contributed by atoms with E-state index >= 15 is 0 Å². The van der Waals surface area contributed by atoms with Gasteiger partial charge in [-0.3, -0.25) is 0 Å². The van der Waals surface area contributed by atoms with Gasteiger partial charge in [0.05, 0.1) is 11.8 Å². The number of anilines is 2. The van der Waals surface area contributed by atoms with Crippen LogP contribution in [0.25, 0.3) is 0 Å². The Morgan fingerprint density at radius 2 is 2.07 bits per heavy atom. The number of rotatable bonds is 4. The molecule has 0 aliphatic rings. The van der Waals surface area contributed by atoms with E-state index < -0.39 is 12.2 Å². The van der Waals surface area contributed by atoms with Gasteiger partial charge >= 0.3 is 0 Å². The molecule has 2 unspecified atom stereocenters. The number of nitrogens with zero attached hydrogens (tertiary/aromatic N) is 1. The van der Waals surface area contributed by atoms with Crippen molar-refractivity contribution < 1.29 is 10.2 Å². The van der Waals surface area contributed by atoms with E-state index in [1.807, 2.05) is 0 Å². The van der Waals surface area contributed by atoms with Crippen LogP contribution < -0.4 is 11.5 Å². The van der Waals surface area contributed by atoms with E-state index in [0.717, 1.165) is 0 Å². The zero-order chi connectivity index (χ0) is 11.4. The molecule has 0 aliphatic carbocycles. The van der Waals surface area contributed by atoms with Crippen LogP contribution in [0.15, 0.2) is 12.3 Å². The maximum absolute atomic E-state index is 9.72. The fraction of sp³-hybridized carbons (Fsp3) is 0.444. The molecule has 0 aromatic carbocycles. The van der Waals surface area contributed by atoms with E-state index in [-0.39, 0.29) is 5.82 Å². The van der Waals surface area contributed by atoms with Gasteiger partial charge in [0, 0.05) is 11.8 Å². The van der Waals surface area contributed by atoms with Crippen LogP contribution in [0.1, 0.15) is 18.1 Å². The minimum Gasteiger partial charge on any atom is -0.396 e. The van der Waals surface area contributed by atoms with Gasteiger partial charge in [0.15, 0.2) is 0 Å². The Labute approximate surface area is 93.5 Å². The van der Waals surface area contributed by atoms with Crippen LogP contribution in [0.2, 0.25) is 0 Å². The minimum atomic E-state index is -1.01. The zero-order valence-electron chi connectivity index (χ0n) is 8.17. The van der Waals surface area contributed by atoms with E-state index in [1.54, 1.807) is 0 Å². The first-order valence-electron chi connectivity index (χ1n) is 4.54. The van der Waals surface area contributed by atoms with Crippen molar-refractivity contribution in [3.63, 3.8) is 0 Å². The Hall–Kier alpha value is -0.980. The molecule has 0 amide bonds. The van der Waals surface area contributed by atoms with Gasteiger partial charge in [0.1, 0.15) is 11.9 Å². The van der Waals surface area contributed by atoms with Crippen LogP contribution in [0.5, 0.6) is 0 Å². The van der Waals surface area contributed by atoms with E-state index in [4.69, 9.17) is 11.5 Å². The van der Waals surface area contributed by atoms with Crippen LogP contribution in [0.3, 0.4) is 0 Å². The predicted octanol–water partition coefficient (Wildman–Crippen LogP) is -0.0398. The minimum absolute atomic E-state index is 0.217. The molecule has 15 heavy (non-hydrogen) atoms. The second-order valence-electron chi connectivity index (χ2n) is 3.27. The molecule has 1 rings (SSSR count). The van der Waals surface area contributed by atoms with Crippen molar-refractivity contribution >= 4 is 24.1 Å². The van der Waals surface area contributed by atoms with Gasteiger partial charge in [-0.1, -0.05) is 0 Å². The lowest BCUT2D eigenvalue weighted by Crippen LogP contribution is -2.19. The summed E-state index contributed by atoms with van der Waals surface area (Å²) in [5.74, 6) is 0.713. The maximum atomic E-state index is 9.72. The molecule has 0 saturated carbocycles. The van der Waals surface area contributed by atoms with Crippen molar-refractivity contribution in [1.29, 1.82) is 0 Å². The van der Waals surface area contributed by atoms with E-state index in [2.05, 4.69) is 17.6 Å². The normalized spacial score (nSPS) is 14.9. The summed E-state index contributed by atoms with van der Waals surface area (Å²) in [4.78, 5) is 3.80. The van der Waals surface area contributed by atoms with Gasteiger partial charge in [-0.05, 0) is 18.2 Å². The highest BCUT2D eigenvalue weighted by Gasteiger charge is 2.18. The summed E-state index contributed by atoms with van der Waals surface area (Å²) in [6, 6.07) is 1.51. The van der Waals surface area contributed by atoms with Crippen molar-refractivity contribution in [3.05, 3.63) is 17.8 Å². The van der Waals surface area contributed by atoms with E-state index in [1.165, 1.54) is 12.3 Å². The SMILES string of the molecule is Nc1cc(C(O)C(O)CCS)cnc1N. The maximum Gasteiger partial charge on any atom is 0.146 e. The smallest absolute Gasteiger partial charge is 0.146 e. The fourth-order valence-corrected chi connectivity index (χ4v) is 1.45. The fourth-order valence-electron chi connectivity index (χ4n) is 1.18. The molecule has 0 saturated heterocycles. The Morgan fingerprint density at radius 3 is 2.60 bits per heavy atom. The largest absolute Gasteiger partial charge is 0.396 e. The molecule has 0 spiro atoms. The second kappa shape index (κ2) is 5.20. The molecule has 0 fully saturated rings. The van der Waals surface area contributed by atoms with Crippen molar-refractivity contribution in [2.45, 2.75) is 18.6 Å². The molecule has 6 N–H and O–H groups in total. The lowest BCUT2D eigenvalue weighted by atomic mass is 10.0. The Kier molecular flexibility index (Phi) is 4.19. The monoisotopic (exact) mass is 229 g/mol.